The van der Waals surface area contributed by atoms with Crippen LogP contribution in [0.4, 0.5) is 0 Å². The fourth-order valence-electron chi connectivity index (χ4n) is 3.93. The van der Waals surface area contributed by atoms with Crippen LogP contribution in [0.15, 0.2) is 54.6 Å². The summed E-state index contributed by atoms with van der Waals surface area (Å²) in [6.07, 6.45) is 0.653. The number of hydrogen-bond acceptors (Lipinski definition) is 5. The lowest BCUT2D eigenvalue weighted by molar-refractivity contribution is 0.0682. The van der Waals surface area contributed by atoms with Crippen LogP contribution in [0.2, 0.25) is 0 Å². The van der Waals surface area contributed by atoms with E-state index in [9.17, 15) is 9.59 Å². The van der Waals surface area contributed by atoms with Crippen LogP contribution in [-0.2, 0) is 19.5 Å². The zero-order valence-electron chi connectivity index (χ0n) is 19.2. The molecule has 0 unspecified atom stereocenters. The molecule has 0 N–H and O–H groups in total. The van der Waals surface area contributed by atoms with Crippen LogP contribution in [-0.4, -0.2) is 65.8 Å². The summed E-state index contributed by atoms with van der Waals surface area (Å²) in [4.78, 5) is 29.4. The Balaban J connectivity index is 1.40. The monoisotopic (exact) mass is 448 g/mol. The number of fused-ring (bicyclic) bond motifs is 1. The molecule has 3 aromatic rings. The Morgan fingerprint density at radius 1 is 1.00 bits per heavy atom. The second kappa shape index (κ2) is 9.77. The van der Waals surface area contributed by atoms with Gasteiger partial charge in [0.1, 0.15) is 5.69 Å². The first-order valence-corrected chi connectivity index (χ1v) is 10.9. The number of likely N-dealkylation sites (N-methyl/N-ethyl adjacent to an activating group) is 1. The summed E-state index contributed by atoms with van der Waals surface area (Å²) in [5, 5.41) is 4.41. The molecule has 0 radical (unpaired) electrons. The molecule has 0 bridgehead atoms. The third-order valence-corrected chi connectivity index (χ3v) is 5.83. The van der Waals surface area contributed by atoms with E-state index in [1.165, 1.54) is 0 Å². The number of carbonyl (C=O) groups excluding carboxylic acids is 2. The number of hydrogen-bond donors (Lipinski definition) is 0. The first-order chi connectivity index (χ1) is 16.0. The highest BCUT2D eigenvalue weighted by Crippen LogP contribution is 2.27. The molecule has 1 aromatic heterocycles. The van der Waals surface area contributed by atoms with Crippen LogP contribution < -0.4 is 9.47 Å². The predicted octanol–water partition coefficient (Wildman–Crippen LogP) is 2.87. The molecule has 1 aliphatic rings. The summed E-state index contributed by atoms with van der Waals surface area (Å²) < 4.78 is 12.3. The topological polar surface area (TPSA) is 76.9 Å². The number of benzene rings is 2. The largest absolute Gasteiger partial charge is 0.493 e. The van der Waals surface area contributed by atoms with Crippen LogP contribution in [0.25, 0.3) is 0 Å². The molecule has 0 saturated heterocycles. The van der Waals surface area contributed by atoms with Gasteiger partial charge in [0.05, 0.1) is 20.8 Å². The number of rotatable bonds is 8. The molecular weight excluding hydrogens is 420 g/mol. The maximum Gasteiger partial charge on any atom is 0.274 e. The fourth-order valence-corrected chi connectivity index (χ4v) is 3.93. The van der Waals surface area contributed by atoms with Gasteiger partial charge in [-0.05, 0) is 29.7 Å². The Hall–Kier alpha value is -3.81. The standard InChI is InChI=1S/C25H28N4O4/c1-27(12-11-18-9-10-22(32-2)23(15-18)33-3)24(30)20-16-21-25(31)28(13-14-29(21)26-20)17-19-7-5-4-6-8-19/h4-10,15-16H,11-14,17H2,1-3H3. The molecule has 33 heavy (non-hydrogen) atoms. The van der Waals surface area contributed by atoms with Crippen molar-refractivity contribution in [3.8, 4) is 11.5 Å². The molecule has 2 heterocycles. The summed E-state index contributed by atoms with van der Waals surface area (Å²) >= 11 is 0. The molecule has 0 aliphatic carbocycles. The highest BCUT2D eigenvalue weighted by Gasteiger charge is 2.28. The number of carbonyl (C=O) groups is 2. The van der Waals surface area contributed by atoms with Crippen molar-refractivity contribution in [2.75, 3.05) is 34.4 Å². The lowest BCUT2D eigenvalue weighted by Gasteiger charge is -2.27. The van der Waals surface area contributed by atoms with E-state index < -0.39 is 0 Å². The molecule has 172 valence electrons. The minimum atomic E-state index is -0.209. The molecule has 0 saturated carbocycles. The molecule has 4 rings (SSSR count). The zero-order chi connectivity index (χ0) is 23.4. The van der Waals surface area contributed by atoms with Gasteiger partial charge in [-0.15, -0.1) is 0 Å². The summed E-state index contributed by atoms with van der Waals surface area (Å²) in [6, 6.07) is 17.2. The van der Waals surface area contributed by atoms with Gasteiger partial charge in [-0.2, -0.15) is 5.10 Å². The Labute approximate surface area is 193 Å². The van der Waals surface area contributed by atoms with Gasteiger partial charge in [0.2, 0.25) is 0 Å². The van der Waals surface area contributed by atoms with Gasteiger partial charge in [-0.25, -0.2) is 0 Å². The number of nitrogens with zero attached hydrogens (tertiary/aromatic N) is 4. The molecule has 0 atom stereocenters. The van der Waals surface area contributed by atoms with E-state index in [0.717, 1.165) is 11.1 Å². The number of methoxy groups -OCH3 is 2. The van der Waals surface area contributed by atoms with Gasteiger partial charge in [-0.1, -0.05) is 36.4 Å². The van der Waals surface area contributed by atoms with Crippen molar-refractivity contribution in [2.24, 2.45) is 0 Å². The van der Waals surface area contributed by atoms with Crippen molar-refractivity contribution in [1.29, 1.82) is 0 Å². The summed E-state index contributed by atoms with van der Waals surface area (Å²) in [7, 11) is 4.94. The maximum absolute atomic E-state index is 13.0. The minimum Gasteiger partial charge on any atom is -0.493 e. The molecule has 8 nitrogen and oxygen atoms in total. The average Bonchev–Trinajstić information content (AvgIpc) is 3.29. The van der Waals surface area contributed by atoms with Crippen LogP contribution in [0.5, 0.6) is 11.5 Å². The quantitative estimate of drug-likeness (QED) is 0.530. The molecule has 8 heteroatoms. The second-order valence-electron chi connectivity index (χ2n) is 8.02. The fraction of sp³-hybridized carbons (Fsp3) is 0.320. The minimum absolute atomic E-state index is 0.107. The average molecular weight is 449 g/mol. The van der Waals surface area contributed by atoms with Crippen molar-refractivity contribution in [2.45, 2.75) is 19.5 Å². The molecule has 2 amide bonds. The number of amides is 2. The maximum atomic E-state index is 13.0. The summed E-state index contributed by atoms with van der Waals surface area (Å²) in [5.41, 5.74) is 2.84. The van der Waals surface area contributed by atoms with E-state index in [2.05, 4.69) is 5.10 Å². The Morgan fingerprint density at radius 3 is 2.48 bits per heavy atom. The molecule has 1 aliphatic heterocycles. The van der Waals surface area contributed by atoms with E-state index in [0.29, 0.717) is 49.8 Å². The number of aromatic nitrogens is 2. The van der Waals surface area contributed by atoms with Crippen LogP contribution in [0.3, 0.4) is 0 Å². The number of ether oxygens (including phenoxy) is 2. The summed E-state index contributed by atoms with van der Waals surface area (Å²) in [6.45, 7) is 2.17. The summed E-state index contributed by atoms with van der Waals surface area (Å²) in [5.74, 6) is 1.01. The first kappa shape index (κ1) is 22.4. The van der Waals surface area contributed by atoms with Crippen molar-refractivity contribution < 1.29 is 19.1 Å². The van der Waals surface area contributed by atoms with Crippen LogP contribution in [0.1, 0.15) is 32.1 Å². The highest BCUT2D eigenvalue weighted by atomic mass is 16.5. The van der Waals surface area contributed by atoms with E-state index in [1.807, 2.05) is 48.5 Å². The van der Waals surface area contributed by atoms with Crippen LogP contribution >= 0.6 is 0 Å². The third kappa shape index (κ3) is 4.84. The van der Waals surface area contributed by atoms with Crippen molar-refractivity contribution >= 4 is 11.8 Å². The zero-order valence-corrected chi connectivity index (χ0v) is 19.2. The van der Waals surface area contributed by atoms with Gasteiger partial charge >= 0.3 is 0 Å². The SMILES string of the molecule is COc1ccc(CCN(C)C(=O)c2cc3n(n2)CCN(Cc2ccccc2)C3=O)cc1OC. The Bertz CT molecular complexity index is 1140. The van der Waals surface area contributed by atoms with Crippen molar-refractivity contribution in [1.82, 2.24) is 19.6 Å². The van der Waals surface area contributed by atoms with Crippen LogP contribution in [0, 0.1) is 0 Å². The van der Waals surface area contributed by atoms with E-state index in [-0.39, 0.29) is 17.5 Å². The van der Waals surface area contributed by atoms with Gasteiger partial charge in [0, 0.05) is 32.7 Å². The third-order valence-electron chi connectivity index (χ3n) is 5.83. The Morgan fingerprint density at radius 2 is 1.76 bits per heavy atom. The first-order valence-electron chi connectivity index (χ1n) is 10.9. The van der Waals surface area contributed by atoms with E-state index >= 15 is 0 Å². The lowest BCUT2D eigenvalue weighted by Crippen LogP contribution is -2.39. The van der Waals surface area contributed by atoms with Crippen molar-refractivity contribution in [3.63, 3.8) is 0 Å². The molecule has 0 fully saturated rings. The van der Waals surface area contributed by atoms with E-state index in [4.69, 9.17) is 9.47 Å². The Kier molecular flexibility index (Phi) is 6.63. The van der Waals surface area contributed by atoms with Gasteiger partial charge in [0.15, 0.2) is 17.2 Å². The van der Waals surface area contributed by atoms with Crippen molar-refractivity contribution in [3.05, 3.63) is 77.1 Å². The second-order valence-corrected chi connectivity index (χ2v) is 8.02. The highest BCUT2D eigenvalue weighted by molar-refractivity contribution is 5.98. The smallest absolute Gasteiger partial charge is 0.274 e. The predicted molar refractivity (Wildman–Crippen MR) is 124 cm³/mol. The normalized spacial score (nSPS) is 12.9. The lowest BCUT2D eigenvalue weighted by atomic mass is 10.1. The van der Waals surface area contributed by atoms with E-state index in [1.54, 1.807) is 41.8 Å². The van der Waals surface area contributed by atoms with Gasteiger partial charge < -0.3 is 19.3 Å². The van der Waals surface area contributed by atoms with Gasteiger partial charge in [0.25, 0.3) is 11.8 Å². The van der Waals surface area contributed by atoms with Gasteiger partial charge in [-0.3, -0.25) is 14.3 Å². The molecule has 2 aromatic carbocycles. The molecule has 0 spiro atoms. The molecular formula is C25H28N4O4.